The normalized spacial score (nSPS) is 17.1. The average molecular weight is 257 g/mol. The number of rotatable bonds is 3. The van der Waals surface area contributed by atoms with Gasteiger partial charge in [-0.05, 0) is 57.1 Å². The number of hydrogen-bond donors (Lipinski definition) is 1. The second kappa shape index (κ2) is 5.25. The lowest BCUT2D eigenvalue weighted by Crippen LogP contribution is -2.29. The number of nitrogen functional groups attached to an aromatic ring is 1. The van der Waals surface area contributed by atoms with E-state index in [9.17, 15) is 0 Å². The van der Waals surface area contributed by atoms with Crippen LogP contribution in [-0.4, -0.2) is 22.6 Å². The first-order valence-corrected chi connectivity index (χ1v) is 7.38. The number of benzene rings is 1. The molecule has 0 bridgehead atoms. The Morgan fingerprint density at radius 2 is 1.89 bits per heavy atom. The van der Waals surface area contributed by atoms with Crippen LogP contribution in [0.15, 0.2) is 24.3 Å². The summed E-state index contributed by atoms with van der Waals surface area (Å²) < 4.78 is 2.42. The number of piperidine rings is 1. The predicted molar refractivity (Wildman–Crippen MR) is 81.2 cm³/mol. The number of aryl methyl sites for hydroxylation is 1. The fourth-order valence-corrected chi connectivity index (χ4v) is 3.20. The van der Waals surface area contributed by atoms with Gasteiger partial charge in [0, 0.05) is 35.4 Å². The van der Waals surface area contributed by atoms with Gasteiger partial charge < -0.3 is 10.3 Å². The molecule has 1 saturated heterocycles. The summed E-state index contributed by atoms with van der Waals surface area (Å²) in [5.41, 5.74) is 9.47. The average Bonchev–Trinajstić information content (AvgIpc) is 2.76. The molecule has 1 aromatic carbocycles. The van der Waals surface area contributed by atoms with E-state index in [1.165, 1.54) is 48.9 Å². The van der Waals surface area contributed by atoms with Gasteiger partial charge in [0.15, 0.2) is 0 Å². The van der Waals surface area contributed by atoms with Crippen molar-refractivity contribution in [3.8, 4) is 0 Å². The van der Waals surface area contributed by atoms with Crippen molar-refractivity contribution < 1.29 is 0 Å². The van der Waals surface area contributed by atoms with Crippen molar-refractivity contribution in [2.45, 2.75) is 39.3 Å². The maximum Gasteiger partial charge on any atom is 0.0484 e. The summed E-state index contributed by atoms with van der Waals surface area (Å²) in [5, 5.41) is 1.27. The first kappa shape index (κ1) is 12.5. The minimum absolute atomic E-state index is 0.852. The molecule has 0 saturated carbocycles. The van der Waals surface area contributed by atoms with Gasteiger partial charge in [0.05, 0.1) is 0 Å². The van der Waals surface area contributed by atoms with E-state index in [0.717, 1.165) is 18.8 Å². The van der Waals surface area contributed by atoms with E-state index in [1.54, 1.807) is 0 Å². The van der Waals surface area contributed by atoms with E-state index >= 15 is 0 Å². The third-order valence-electron chi connectivity index (χ3n) is 4.16. The highest BCUT2D eigenvalue weighted by molar-refractivity contribution is 5.84. The molecule has 0 unspecified atom stereocenters. The SMILES string of the molecule is CCn1c(CN2CCCCC2)cc2cc(N)ccc21. The van der Waals surface area contributed by atoms with Gasteiger partial charge in [0.25, 0.3) is 0 Å². The van der Waals surface area contributed by atoms with Gasteiger partial charge >= 0.3 is 0 Å². The second-order valence-electron chi connectivity index (χ2n) is 5.53. The van der Waals surface area contributed by atoms with E-state index in [-0.39, 0.29) is 0 Å². The fraction of sp³-hybridized carbons (Fsp3) is 0.500. The minimum atomic E-state index is 0.852. The van der Waals surface area contributed by atoms with Gasteiger partial charge in [-0.3, -0.25) is 4.90 Å². The smallest absolute Gasteiger partial charge is 0.0484 e. The Bertz CT molecular complexity index is 565. The van der Waals surface area contributed by atoms with Crippen molar-refractivity contribution in [1.82, 2.24) is 9.47 Å². The first-order chi connectivity index (χ1) is 9.28. The summed E-state index contributed by atoms with van der Waals surface area (Å²) in [5.74, 6) is 0. The third kappa shape index (κ3) is 2.47. The van der Waals surface area contributed by atoms with E-state index < -0.39 is 0 Å². The molecule has 1 aliphatic rings. The van der Waals surface area contributed by atoms with Gasteiger partial charge in [0.2, 0.25) is 0 Å². The molecule has 0 atom stereocenters. The zero-order valence-electron chi connectivity index (χ0n) is 11.7. The number of likely N-dealkylation sites (tertiary alicyclic amines) is 1. The quantitative estimate of drug-likeness (QED) is 0.857. The zero-order chi connectivity index (χ0) is 13.2. The largest absolute Gasteiger partial charge is 0.399 e. The van der Waals surface area contributed by atoms with E-state index in [2.05, 4.69) is 34.6 Å². The summed E-state index contributed by atoms with van der Waals surface area (Å²) in [6, 6.07) is 8.54. The molecular formula is C16H23N3. The highest BCUT2D eigenvalue weighted by Crippen LogP contribution is 2.24. The van der Waals surface area contributed by atoms with Crippen LogP contribution in [0.4, 0.5) is 5.69 Å². The molecule has 0 aliphatic carbocycles. The van der Waals surface area contributed by atoms with Crippen LogP contribution in [0, 0.1) is 0 Å². The lowest BCUT2D eigenvalue weighted by Gasteiger charge is -2.26. The Balaban J connectivity index is 1.93. The van der Waals surface area contributed by atoms with Crippen molar-refractivity contribution in [2.24, 2.45) is 0 Å². The highest BCUT2D eigenvalue weighted by atomic mass is 15.1. The maximum atomic E-state index is 5.89. The molecular weight excluding hydrogens is 234 g/mol. The molecule has 0 radical (unpaired) electrons. The molecule has 1 fully saturated rings. The lowest BCUT2D eigenvalue weighted by molar-refractivity contribution is 0.216. The molecule has 1 aliphatic heterocycles. The van der Waals surface area contributed by atoms with Gasteiger partial charge in [-0.25, -0.2) is 0 Å². The Kier molecular flexibility index (Phi) is 3.47. The molecule has 3 rings (SSSR count). The highest BCUT2D eigenvalue weighted by Gasteiger charge is 2.14. The van der Waals surface area contributed by atoms with E-state index in [0.29, 0.717) is 0 Å². The van der Waals surface area contributed by atoms with Crippen molar-refractivity contribution in [2.75, 3.05) is 18.8 Å². The van der Waals surface area contributed by atoms with Crippen LogP contribution in [0.2, 0.25) is 0 Å². The summed E-state index contributed by atoms with van der Waals surface area (Å²) in [4.78, 5) is 2.58. The van der Waals surface area contributed by atoms with Crippen LogP contribution in [0.5, 0.6) is 0 Å². The maximum absolute atomic E-state index is 5.89. The number of nitrogens with two attached hydrogens (primary N) is 1. The van der Waals surface area contributed by atoms with Crippen LogP contribution < -0.4 is 5.73 Å². The minimum Gasteiger partial charge on any atom is -0.399 e. The fourth-order valence-electron chi connectivity index (χ4n) is 3.20. The molecule has 2 heterocycles. The van der Waals surface area contributed by atoms with Crippen molar-refractivity contribution >= 4 is 16.6 Å². The third-order valence-corrected chi connectivity index (χ3v) is 4.16. The predicted octanol–water partition coefficient (Wildman–Crippen LogP) is 3.23. The summed E-state index contributed by atoms with van der Waals surface area (Å²) in [7, 11) is 0. The number of aromatic nitrogens is 1. The van der Waals surface area contributed by atoms with Gasteiger partial charge in [0.1, 0.15) is 0 Å². The molecule has 102 valence electrons. The molecule has 0 amide bonds. The van der Waals surface area contributed by atoms with Crippen molar-refractivity contribution in [1.29, 1.82) is 0 Å². The number of hydrogen-bond acceptors (Lipinski definition) is 2. The molecule has 3 heteroatoms. The second-order valence-corrected chi connectivity index (χ2v) is 5.53. The topological polar surface area (TPSA) is 34.2 Å². The van der Waals surface area contributed by atoms with Crippen molar-refractivity contribution in [3.63, 3.8) is 0 Å². The standard InChI is InChI=1S/C16H23N3/c1-2-19-15(12-18-8-4-3-5-9-18)11-13-10-14(17)6-7-16(13)19/h6-7,10-11H,2-5,8-9,12,17H2,1H3. The monoisotopic (exact) mass is 257 g/mol. The molecule has 2 N–H and O–H groups in total. The van der Waals surface area contributed by atoms with Gasteiger partial charge in [-0.2, -0.15) is 0 Å². The van der Waals surface area contributed by atoms with E-state index in [1.807, 2.05) is 6.07 Å². The molecule has 19 heavy (non-hydrogen) atoms. The van der Waals surface area contributed by atoms with Crippen LogP contribution in [-0.2, 0) is 13.1 Å². The molecule has 2 aromatic rings. The Hall–Kier alpha value is -1.48. The Morgan fingerprint density at radius 3 is 2.63 bits per heavy atom. The van der Waals surface area contributed by atoms with Crippen LogP contribution in [0.3, 0.4) is 0 Å². The van der Waals surface area contributed by atoms with Crippen LogP contribution in [0.1, 0.15) is 31.9 Å². The van der Waals surface area contributed by atoms with Crippen LogP contribution in [0.25, 0.3) is 10.9 Å². The van der Waals surface area contributed by atoms with Crippen LogP contribution >= 0.6 is 0 Å². The number of anilines is 1. The summed E-state index contributed by atoms with van der Waals surface area (Å²) in [6.45, 7) is 6.80. The first-order valence-electron chi connectivity index (χ1n) is 7.38. The summed E-state index contributed by atoms with van der Waals surface area (Å²) in [6.07, 6.45) is 4.09. The molecule has 0 spiro atoms. The van der Waals surface area contributed by atoms with Crippen molar-refractivity contribution in [3.05, 3.63) is 30.0 Å². The number of nitrogens with zero attached hydrogens (tertiary/aromatic N) is 2. The molecule has 1 aromatic heterocycles. The van der Waals surface area contributed by atoms with Gasteiger partial charge in [-0.15, -0.1) is 0 Å². The summed E-state index contributed by atoms with van der Waals surface area (Å²) >= 11 is 0. The van der Waals surface area contributed by atoms with Gasteiger partial charge in [-0.1, -0.05) is 6.42 Å². The lowest BCUT2D eigenvalue weighted by atomic mass is 10.1. The Morgan fingerprint density at radius 1 is 1.11 bits per heavy atom. The zero-order valence-corrected chi connectivity index (χ0v) is 11.7. The molecule has 3 nitrogen and oxygen atoms in total. The Labute approximate surface area is 115 Å². The van der Waals surface area contributed by atoms with E-state index in [4.69, 9.17) is 5.73 Å². The number of fused-ring (bicyclic) bond motifs is 1.